The fourth-order valence-corrected chi connectivity index (χ4v) is 3.28. The van der Waals surface area contributed by atoms with Crippen LogP contribution in [0.4, 0.5) is 5.95 Å². The summed E-state index contributed by atoms with van der Waals surface area (Å²) >= 11 is 7.46. The van der Waals surface area contributed by atoms with Crippen LogP contribution in [0.3, 0.4) is 0 Å². The molecule has 2 aromatic rings. The second-order valence-corrected chi connectivity index (χ2v) is 6.74. The fraction of sp³-hybridized carbons (Fsp3) is 0.375. The molecule has 0 saturated carbocycles. The molecule has 0 amide bonds. The van der Waals surface area contributed by atoms with E-state index in [2.05, 4.69) is 38.4 Å². The van der Waals surface area contributed by atoms with E-state index in [1.54, 1.807) is 11.8 Å². The zero-order chi connectivity index (χ0) is 16.1. The van der Waals surface area contributed by atoms with E-state index in [1.165, 1.54) is 5.56 Å². The number of halogens is 1. The summed E-state index contributed by atoms with van der Waals surface area (Å²) in [7, 11) is 0. The molecule has 1 aliphatic rings. The second kappa shape index (κ2) is 7.86. The molecular formula is C16H19ClN4OS. The van der Waals surface area contributed by atoms with Crippen molar-refractivity contribution in [2.24, 2.45) is 0 Å². The lowest BCUT2D eigenvalue weighted by molar-refractivity contribution is 0.121. The molecule has 1 aliphatic heterocycles. The van der Waals surface area contributed by atoms with Gasteiger partial charge >= 0.3 is 0 Å². The Morgan fingerprint density at radius 2 is 1.96 bits per heavy atom. The Kier molecular flexibility index (Phi) is 5.59. The summed E-state index contributed by atoms with van der Waals surface area (Å²) in [4.78, 5) is 2.22. The highest BCUT2D eigenvalue weighted by Crippen LogP contribution is 2.25. The van der Waals surface area contributed by atoms with Gasteiger partial charge in [-0.2, -0.15) is 0 Å². The van der Waals surface area contributed by atoms with Crippen LogP contribution in [0.25, 0.3) is 0 Å². The van der Waals surface area contributed by atoms with Crippen molar-refractivity contribution in [1.82, 2.24) is 14.8 Å². The minimum Gasteiger partial charge on any atom is -0.378 e. The molecule has 1 fully saturated rings. The lowest BCUT2D eigenvalue weighted by atomic mass is 10.2. The molecule has 23 heavy (non-hydrogen) atoms. The first-order chi connectivity index (χ1) is 11.2. The summed E-state index contributed by atoms with van der Waals surface area (Å²) in [6.07, 6.45) is 0. The quantitative estimate of drug-likeness (QED) is 0.749. The first kappa shape index (κ1) is 16.4. The van der Waals surface area contributed by atoms with Crippen molar-refractivity contribution in [1.29, 1.82) is 0 Å². The summed E-state index contributed by atoms with van der Waals surface area (Å²) in [5, 5.41) is 10.2. The number of anilines is 1. The van der Waals surface area contributed by atoms with Gasteiger partial charge in [-0.05, 0) is 5.56 Å². The molecule has 5 nitrogen and oxygen atoms in total. The van der Waals surface area contributed by atoms with E-state index < -0.39 is 0 Å². The van der Waals surface area contributed by atoms with Crippen LogP contribution in [0, 0.1) is 0 Å². The van der Waals surface area contributed by atoms with Gasteiger partial charge in [-0.3, -0.25) is 4.57 Å². The third-order valence-corrected chi connectivity index (χ3v) is 4.88. The number of nitrogens with zero attached hydrogens (tertiary/aromatic N) is 4. The molecule has 1 aromatic carbocycles. The average Bonchev–Trinajstić information content (AvgIpc) is 2.97. The number of hydrogen-bond acceptors (Lipinski definition) is 5. The highest BCUT2D eigenvalue weighted by Gasteiger charge is 2.20. The molecule has 7 heteroatoms. The van der Waals surface area contributed by atoms with Gasteiger partial charge in [0.05, 0.1) is 19.8 Å². The zero-order valence-electron chi connectivity index (χ0n) is 12.8. The molecule has 0 unspecified atom stereocenters. The average molecular weight is 351 g/mol. The summed E-state index contributed by atoms with van der Waals surface area (Å²) in [5.74, 6) is 1.51. The molecule has 1 saturated heterocycles. The Bertz CT molecular complexity index is 655. The molecule has 0 radical (unpaired) electrons. The van der Waals surface area contributed by atoms with Gasteiger partial charge in [-0.1, -0.05) is 60.3 Å². The van der Waals surface area contributed by atoms with E-state index in [1.807, 2.05) is 18.2 Å². The molecular weight excluding hydrogens is 332 g/mol. The number of ether oxygens (including phenoxy) is 1. The molecule has 3 rings (SSSR count). The monoisotopic (exact) mass is 350 g/mol. The van der Waals surface area contributed by atoms with Gasteiger partial charge in [0.1, 0.15) is 0 Å². The van der Waals surface area contributed by atoms with Crippen LogP contribution in [0.15, 0.2) is 47.1 Å². The van der Waals surface area contributed by atoms with Crippen LogP contribution in [0.1, 0.15) is 5.56 Å². The van der Waals surface area contributed by atoms with Crippen LogP contribution in [-0.2, 0) is 11.3 Å². The number of hydrogen-bond donors (Lipinski definition) is 0. The molecule has 2 heterocycles. The first-order valence-corrected chi connectivity index (χ1v) is 8.86. The lowest BCUT2D eigenvalue weighted by Crippen LogP contribution is -2.38. The van der Waals surface area contributed by atoms with Crippen molar-refractivity contribution in [3.63, 3.8) is 0 Å². The Labute approximate surface area is 145 Å². The van der Waals surface area contributed by atoms with Crippen LogP contribution in [0.2, 0.25) is 0 Å². The van der Waals surface area contributed by atoms with E-state index in [0.29, 0.717) is 10.8 Å². The minimum absolute atomic E-state index is 0.609. The topological polar surface area (TPSA) is 43.2 Å². The minimum atomic E-state index is 0.609. The summed E-state index contributed by atoms with van der Waals surface area (Å²) < 4.78 is 7.58. The maximum atomic E-state index is 5.90. The van der Waals surface area contributed by atoms with E-state index in [4.69, 9.17) is 16.3 Å². The van der Waals surface area contributed by atoms with Gasteiger partial charge < -0.3 is 9.64 Å². The van der Waals surface area contributed by atoms with Crippen LogP contribution in [0.5, 0.6) is 0 Å². The first-order valence-electron chi connectivity index (χ1n) is 7.50. The maximum Gasteiger partial charge on any atom is 0.228 e. The van der Waals surface area contributed by atoms with E-state index in [9.17, 15) is 0 Å². The Morgan fingerprint density at radius 3 is 2.65 bits per heavy atom. The third-order valence-electron chi connectivity index (χ3n) is 3.53. The van der Waals surface area contributed by atoms with Crippen molar-refractivity contribution in [2.45, 2.75) is 11.7 Å². The standard InChI is InChI=1S/C16H19ClN4OS/c1-13(17)12-23-16-19-18-15(20-7-9-22-10-8-20)21(16)11-14-5-3-2-4-6-14/h2-6H,1,7-12H2. The van der Waals surface area contributed by atoms with Crippen molar-refractivity contribution in [3.05, 3.63) is 47.5 Å². The van der Waals surface area contributed by atoms with Crippen molar-refractivity contribution in [2.75, 3.05) is 37.0 Å². The predicted molar refractivity (Wildman–Crippen MR) is 94.3 cm³/mol. The zero-order valence-corrected chi connectivity index (χ0v) is 14.4. The predicted octanol–water partition coefficient (Wildman–Crippen LogP) is 3.01. The Hall–Kier alpha value is -1.50. The number of morpholine rings is 1. The smallest absolute Gasteiger partial charge is 0.228 e. The van der Waals surface area contributed by atoms with Gasteiger partial charge in [0, 0.05) is 23.9 Å². The number of thioether (sulfide) groups is 1. The summed E-state index contributed by atoms with van der Waals surface area (Å²) in [6, 6.07) is 10.3. The van der Waals surface area contributed by atoms with Crippen molar-refractivity contribution < 1.29 is 4.74 Å². The number of rotatable bonds is 6. The molecule has 0 bridgehead atoms. The van der Waals surface area contributed by atoms with Gasteiger partial charge in [-0.25, -0.2) is 0 Å². The van der Waals surface area contributed by atoms with Crippen LogP contribution in [-0.4, -0.2) is 46.8 Å². The molecule has 0 N–H and O–H groups in total. The SMILES string of the molecule is C=C(Cl)CSc1nnc(N2CCOCC2)n1Cc1ccccc1. The van der Waals surface area contributed by atoms with Crippen molar-refractivity contribution >= 4 is 29.3 Å². The maximum absolute atomic E-state index is 5.90. The highest BCUT2D eigenvalue weighted by molar-refractivity contribution is 7.99. The molecule has 0 spiro atoms. The summed E-state index contributed by atoms with van der Waals surface area (Å²) in [5.41, 5.74) is 1.22. The van der Waals surface area contributed by atoms with Crippen LogP contribution >= 0.6 is 23.4 Å². The fourth-order valence-electron chi connectivity index (χ4n) is 2.43. The van der Waals surface area contributed by atoms with Gasteiger partial charge in [0.15, 0.2) is 5.16 Å². The van der Waals surface area contributed by atoms with E-state index in [-0.39, 0.29) is 0 Å². The van der Waals surface area contributed by atoms with Crippen molar-refractivity contribution in [3.8, 4) is 0 Å². The highest BCUT2D eigenvalue weighted by atomic mass is 35.5. The van der Waals surface area contributed by atoms with Crippen LogP contribution < -0.4 is 4.90 Å². The van der Waals surface area contributed by atoms with E-state index in [0.717, 1.165) is 44.0 Å². The normalized spacial score (nSPS) is 14.9. The Morgan fingerprint density at radius 1 is 1.22 bits per heavy atom. The molecule has 0 aliphatic carbocycles. The molecule has 0 atom stereocenters. The third kappa shape index (κ3) is 4.28. The second-order valence-electron chi connectivity index (χ2n) is 5.26. The Balaban J connectivity index is 1.87. The summed E-state index contributed by atoms with van der Waals surface area (Å²) in [6.45, 7) is 7.58. The van der Waals surface area contributed by atoms with Gasteiger partial charge in [0.2, 0.25) is 5.95 Å². The largest absolute Gasteiger partial charge is 0.378 e. The number of aromatic nitrogens is 3. The van der Waals surface area contributed by atoms with Gasteiger partial charge in [-0.15, -0.1) is 10.2 Å². The molecule has 1 aromatic heterocycles. The molecule has 122 valence electrons. The van der Waals surface area contributed by atoms with E-state index >= 15 is 0 Å². The van der Waals surface area contributed by atoms with Gasteiger partial charge in [0.25, 0.3) is 0 Å². The number of benzene rings is 1. The lowest BCUT2D eigenvalue weighted by Gasteiger charge is -2.28.